The maximum absolute atomic E-state index is 11.5. The predicted octanol–water partition coefficient (Wildman–Crippen LogP) is -0.473. The summed E-state index contributed by atoms with van der Waals surface area (Å²) in [5, 5.41) is 6.44. The molecule has 11 heavy (non-hydrogen) atoms. The van der Waals surface area contributed by atoms with Gasteiger partial charge in [0.1, 0.15) is 0 Å². The molecule has 0 radical (unpaired) electrons. The first kappa shape index (κ1) is 7.25. The van der Waals surface area contributed by atoms with E-state index in [9.17, 15) is 4.79 Å². The number of carbonyl (C=O) groups excluding carboxylic acids is 1. The van der Waals surface area contributed by atoms with Crippen LogP contribution in [0.5, 0.6) is 0 Å². The summed E-state index contributed by atoms with van der Waals surface area (Å²) in [7, 11) is 0. The molecule has 1 saturated carbocycles. The van der Waals surface area contributed by atoms with Crippen molar-refractivity contribution in [3.8, 4) is 0 Å². The molecule has 1 saturated heterocycles. The zero-order valence-corrected chi connectivity index (χ0v) is 6.60. The number of hydrogen-bond acceptors (Lipinski definition) is 3. The summed E-state index contributed by atoms with van der Waals surface area (Å²) in [6, 6.07) is 0.108. The molecule has 3 nitrogen and oxygen atoms in total. The second kappa shape index (κ2) is 2.91. The maximum Gasteiger partial charge on any atom is 0.154 e. The smallest absolute Gasteiger partial charge is 0.154 e. The first-order chi connectivity index (χ1) is 5.38. The van der Waals surface area contributed by atoms with E-state index in [0.29, 0.717) is 11.7 Å². The van der Waals surface area contributed by atoms with Crippen molar-refractivity contribution in [1.82, 2.24) is 10.6 Å². The Morgan fingerprint density at radius 3 is 2.64 bits per heavy atom. The van der Waals surface area contributed by atoms with Gasteiger partial charge in [-0.25, -0.2) is 0 Å². The number of hydrogen-bond donors (Lipinski definition) is 2. The Morgan fingerprint density at radius 2 is 2.09 bits per heavy atom. The van der Waals surface area contributed by atoms with Crippen molar-refractivity contribution in [3.63, 3.8) is 0 Å². The maximum atomic E-state index is 11.5. The predicted molar refractivity (Wildman–Crippen MR) is 42.4 cm³/mol. The summed E-state index contributed by atoms with van der Waals surface area (Å²) in [5.41, 5.74) is 0. The van der Waals surface area contributed by atoms with Crippen LogP contribution in [-0.4, -0.2) is 31.5 Å². The van der Waals surface area contributed by atoms with E-state index >= 15 is 0 Å². The zero-order valence-electron chi connectivity index (χ0n) is 6.60. The van der Waals surface area contributed by atoms with Crippen LogP contribution < -0.4 is 10.6 Å². The van der Waals surface area contributed by atoms with Gasteiger partial charge in [0.05, 0.1) is 6.04 Å². The first-order valence-corrected chi connectivity index (χ1v) is 4.36. The minimum atomic E-state index is 0.108. The third-order valence-electron chi connectivity index (χ3n) is 2.36. The molecule has 1 unspecified atom stereocenters. The van der Waals surface area contributed by atoms with Crippen molar-refractivity contribution in [3.05, 3.63) is 0 Å². The van der Waals surface area contributed by atoms with Gasteiger partial charge in [-0.05, 0) is 12.8 Å². The molecule has 1 heterocycles. The third kappa shape index (κ3) is 1.60. The van der Waals surface area contributed by atoms with E-state index in [1.807, 2.05) is 0 Å². The Bertz CT molecular complexity index is 159. The van der Waals surface area contributed by atoms with Crippen LogP contribution in [0, 0.1) is 5.92 Å². The van der Waals surface area contributed by atoms with Crippen molar-refractivity contribution in [2.45, 2.75) is 18.9 Å². The second-order valence-electron chi connectivity index (χ2n) is 3.39. The molecule has 1 aliphatic carbocycles. The molecule has 2 N–H and O–H groups in total. The normalized spacial score (nSPS) is 31.8. The van der Waals surface area contributed by atoms with Crippen molar-refractivity contribution >= 4 is 5.78 Å². The number of carbonyl (C=O) groups is 1. The van der Waals surface area contributed by atoms with E-state index in [0.717, 1.165) is 32.5 Å². The minimum Gasteiger partial charge on any atom is -0.313 e. The molecule has 2 aliphatic rings. The quantitative estimate of drug-likeness (QED) is 0.565. The van der Waals surface area contributed by atoms with Gasteiger partial charge in [-0.15, -0.1) is 0 Å². The molecule has 1 atom stereocenters. The number of piperazine rings is 1. The number of Topliss-reactive ketones (excluding diaryl/α,β-unsaturated/α-hetero) is 1. The van der Waals surface area contributed by atoms with Gasteiger partial charge in [0.2, 0.25) is 0 Å². The molecule has 2 fully saturated rings. The molecular weight excluding hydrogens is 140 g/mol. The standard InChI is InChI=1S/C8H14N2O/c11-8(6-1-2-6)7-5-9-3-4-10-7/h6-7,9-10H,1-5H2. The van der Waals surface area contributed by atoms with Crippen LogP contribution in [0.4, 0.5) is 0 Å². The third-order valence-corrected chi connectivity index (χ3v) is 2.36. The van der Waals surface area contributed by atoms with Crippen molar-refractivity contribution < 1.29 is 4.79 Å². The van der Waals surface area contributed by atoms with Crippen LogP contribution in [0.2, 0.25) is 0 Å². The van der Waals surface area contributed by atoms with Crippen LogP contribution in [0.25, 0.3) is 0 Å². The summed E-state index contributed by atoms with van der Waals surface area (Å²) in [6.45, 7) is 2.76. The lowest BCUT2D eigenvalue weighted by molar-refractivity contribution is -0.122. The average Bonchev–Trinajstić information content (AvgIpc) is 2.87. The summed E-state index contributed by atoms with van der Waals surface area (Å²) < 4.78 is 0. The fraction of sp³-hybridized carbons (Fsp3) is 0.875. The molecule has 0 bridgehead atoms. The van der Waals surface area contributed by atoms with E-state index in [1.165, 1.54) is 0 Å². The molecule has 0 aromatic rings. The zero-order chi connectivity index (χ0) is 7.68. The lowest BCUT2D eigenvalue weighted by Crippen LogP contribution is -2.52. The topological polar surface area (TPSA) is 41.1 Å². The summed E-state index contributed by atoms with van der Waals surface area (Å²) in [4.78, 5) is 11.5. The Morgan fingerprint density at radius 1 is 1.27 bits per heavy atom. The Labute approximate surface area is 66.5 Å². The number of ketones is 1. The van der Waals surface area contributed by atoms with Crippen molar-refractivity contribution in [2.24, 2.45) is 5.92 Å². The Balaban J connectivity index is 1.86. The molecule has 0 aromatic carbocycles. The Hall–Kier alpha value is -0.410. The molecule has 1 aliphatic heterocycles. The first-order valence-electron chi connectivity index (χ1n) is 4.36. The monoisotopic (exact) mass is 154 g/mol. The fourth-order valence-corrected chi connectivity index (χ4v) is 1.51. The molecule has 0 amide bonds. The van der Waals surface area contributed by atoms with Gasteiger partial charge in [0, 0.05) is 25.6 Å². The van der Waals surface area contributed by atoms with Gasteiger partial charge < -0.3 is 10.6 Å². The average molecular weight is 154 g/mol. The number of rotatable bonds is 2. The SMILES string of the molecule is O=C(C1CC1)C1CNCCN1. The largest absolute Gasteiger partial charge is 0.313 e. The summed E-state index contributed by atoms with van der Waals surface area (Å²) in [6.07, 6.45) is 2.24. The lowest BCUT2D eigenvalue weighted by Gasteiger charge is -2.23. The van der Waals surface area contributed by atoms with Gasteiger partial charge in [-0.1, -0.05) is 0 Å². The molecule has 2 rings (SSSR count). The van der Waals surface area contributed by atoms with Gasteiger partial charge in [0.25, 0.3) is 0 Å². The van der Waals surface area contributed by atoms with Gasteiger partial charge >= 0.3 is 0 Å². The van der Waals surface area contributed by atoms with Crippen LogP contribution >= 0.6 is 0 Å². The van der Waals surface area contributed by atoms with Crippen LogP contribution in [0.1, 0.15) is 12.8 Å². The molecular formula is C8H14N2O. The molecule has 0 aromatic heterocycles. The van der Waals surface area contributed by atoms with E-state index in [2.05, 4.69) is 10.6 Å². The van der Waals surface area contributed by atoms with E-state index in [-0.39, 0.29) is 6.04 Å². The van der Waals surface area contributed by atoms with Crippen molar-refractivity contribution in [1.29, 1.82) is 0 Å². The number of nitrogens with one attached hydrogen (secondary N) is 2. The highest BCUT2D eigenvalue weighted by atomic mass is 16.1. The van der Waals surface area contributed by atoms with Gasteiger partial charge in [-0.2, -0.15) is 0 Å². The van der Waals surface area contributed by atoms with Crippen LogP contribution in [-0.2, 0) is 4.79 Å². The van der Waals surface area contributed by atoms with Crippen LogP contribution in [0.15, 0.2) is 0 Å². The van der Waals surface area contributed by atoms with Gasteiger partial charge in [-0.3, -0.25) is 4.79 Å². The van der Waals surface area contributed by atoms with E-state index in [1.54, 1.807) is 0 Å². The van der Waals surface area contributed by atoms with E-state index in [4.69, 9.17) is 0 Å². The van der Waals surface area contributed by atoms with Gasteiger partial charge in [0.15, 0.2) is 5.78 Å². The summed E-state index contributed by atoms with van der Waals surface area (Å²) >= 11 is 0. The summed E-state index contributed by atoms with van der Waals surface area (Å²) in [5.74, 6) is 0.824. The minimum absolute atomic E-state index is 0.108. The lowest BCUT2D eigenvalue weighted by atomic mass is 10.1. The molecule has 3 heteroatoms. The van der Waals surface area contributed by atoms with Crippen molar-refractivity contribution in [2.75, 3.05) is 19.6 Å². The highest BCUT2D eigenvalue weighted by molar-refractivity contribution is 5.88. The molecule has 0 spiro atoms. The highest BCUT2D eigenvalue weighted by Gasteiger charge is 2.34. The fourth-order valence-electron chi connectivity index (χ4n) is 1.51. The highest BCUT2D eigenvalue weighted by Crippen LogP contribution is 2.30. The second-order valence-corrected chi connectivity index (χ2v) is 3.39. The van der Waals surface area contributed by atoms with E-state index < -0.39 is 0 Å². The Kier molecular flexibility index (Phi) is 1.92. The molecule has 62 valence electrons. The van der Waals surface area contributed by atoms with Crippen LogP contribution in [0.3, 0.4) is 0 Å².